The summed E-state index contributed by atoms with van der Waals surface area (Å²) in [4.78, 5) is 2.06. The number of aromatic nitrogens is 2. The third kappa shape index (κ3) is 4.48. The van der Waals surface area contributed by atoms with Gasteiger partial charge in [-0.3, -0.25) is 0 Å². The van der Waals surface area contributed by atoms with Gasteiger partial charge in [-0.25, -0.2) is 4.39 Å². The summed E-state index contributed by atoms with van der Waals surface area (Å²) in [5, 5.41) is 12.7. The molecular weight excluding hydrogens is 399 g/mol. The van der Waals surface area contributed by atoms with Gasteiger partial charge < -0.3 is 14.6 Å². The number of hydrogen-bond acceptors (Lipinski definition) is 4. The monoisotopic (exact) mass is 416 g/mol. The molecule has 8 heteroatoms. The zero-order chi connectivity index (χ0) is 19.5. The smallest absolute Gasteiger partial charge is 0.249 e. The molecule has 0 saturated heterocycles. The predicted molar refractivity (Wildman–Crippen MR) is 109 cm³/mol. The molecule has 0 unspecified atom stereocenters. The van der Waals surface area contributed by atoms with E-state index in [2.05, 4.69) is 20.4 Å². The normalized spacial score (nSPS) is 13.4. The largest absolute Gasteiger partial charge is 0.419 e. The molecule has 1 heterocycles. The van der Waals surface area contributed by atoms with E-state index in [4.69, 9.17) is 28.2 Å². The van der Waals surface area contributed by atoms with Crippen LogP contribution < -0.4 is 5.32 Å². The van der Waals surface area contributed by atoms with Gasteiger partial charge in [0, 0.05) is 12.6 Å². The molecule has 1 fully saturated rings. The maximum atomic E-state index is 13.0. The molecule has 0 bridgehead atoms. The van der Waals surface area contributed by atoms with E-state index in [1.54, 1.807) is 18.2 Å². The van der Waals surface area contributed by atoms with Crippen molar-refractivity contribution in [3.8, 4) is 11.5 Å². The highest BCUT2D eigenvalue weighted by molar-refractivity contribution is 7.80. The van der Waals surface area contributed by atoms with Crippen molar-refractivity contribution in [2.75, 3.05) is 0 Å². The molecule has 0 radical (unpaired) electrons. The van der Waals surface area contributed by atoms with Crippen LogP contribution in [0, 0.1) is 5.82 Å². The minimum Gasteiger partial charge on any atom is -0.419 e. The minimum absolute atomic E-state index is 0.253. The molecule has 28 heavy (non-hydrogen) atoms. The van der Waals surface area contributed by atoms with Crippen molar-refractivity contribution in [1.29, 1.82) is 0 Å². The fraction of sp³-hybridized carbons (Fsp3) is 0.250. The van der Waals surface area contributed by atoms with E-state index in [1.165, 1.54) is 12.1 Å². The van der Waals surface area contributed by atoms with Gasteiger partial charge in [-0.05, 0) is 54.9 Å². The molecule has 1 aliphatic rings. The number of nitrogens with one attached hydrogen (secondary N) is 1. The third-order valence-corrected chi connectivity index (χ3v) is 5.19. The molecule has 0 spiro atoms. The van der Waals surface area contributed by atoms with E-state index < -0.39 is 0 Å². The average Bonchev–Trinajstić information content (AvgIpc) is 3.44. The zero-order valence-corrected chi connectivity index (χ0v) is 16.5. The number of rotatable bonds is 6. The topological polar surface area (TPSA) is 54.2 Å². The summed E-state index contributed by atoms with van der Waals surface area (Å²) in [6, 6.07) is 14.1. The Morgan fingerprint density at radius 2 is 1.93 bits per heavy atom. The Bertz CT molecular complexity index is 974. The van der Waals surface area contributed by atoms with E-state index in [9.17, 15) is 4.39 Å². The summed E-state index contributed by atoms with van der Waals surface area (Å²) >= 11 is 11.8. The number of nitrogens with zero attached hydrogens (tertiary/aromatic N) is 3. The van der Waals surface area contributed by atoms with Gasteiger partial charge in [-0.1, -0.05) is 35.9 Å². The van der Waals surface area contributed by atoms with Gasteiger partial charge >= 0.3 is 0 Å². The maximum absolute atomic E-state index is 13.0. The van der Waals surface area contributed by atoms with Gasteiger partial charge in [-0.2, -0.15) is 0 Å². The standard InChI is InChI=1S/C20H18ClFN4OS/c21-17-4-2-1-3-16(17)19-25-24-18(27-19)12-26(15-9-10-15)20(28)23-11-13-5-7-14(22)8-6-13/h1-8,15H,9-12H2,(H,23,28). The minimum atomic E-state index is -0.253. The van der Waals surface area contributed by atoms with Crippen LogP contribution in [-0.4, -0.2) is 26.3 Å². The van der Waals surface area contributed by atoms with Crippen LogP contribution in [0.2, 0.25) is 5.02 Å². The van der Waals surface area contributed by atoms with Crippen LogP contribution in [0.3, 0.4) is 0 Å². The van der Waals surface area contributed by atoms with Crippen LogP contribution in [0.15, 0.2) is 52.9 Å². The van der Waals surface area contributed by atoms with Crippen LogP contribution in [0.25, 0.3) is 11.5 Å². The average molecular weight is 417 g/mol. The first-order valence-electron chi connectivity index (χ1n) is 8.96. The van der Waals surface area contributed by atoms with Crippen molar-refractivity contribution in [3.05, 3.63) is 70.8 Å². The third-order valence-electron chi connectivity index (χ3n) is 4.48. The zero-order valence-electron chi connectivity index (χ0n) is 14.9. The predicted octanol–water partition coefficient (Wildman–Crippen LogP) is 4.57. The lowest BCUT2D eigenvalue weighted by Crippen LogP contribution is -2.40. The molecule has 2 aromatic carbocycles. The van der Waals surface area contributed by atoms with E-state index >= 15 is 0 Å². The van der Waals surface area contributed by atoms with Crippen molar-refractivity contribution >= 4 is 28.9 Å². The lowest BCUT2D eigenvalue weighted by atomic mass is 10.2. The van der Waals surface area contributed by atoms with Crippen molar-refractivity contribution in [2.45, 2.75) is 32.0 Å². The second-order valence-corrected chi connectivity index (χ2v) is 7.42. The molecule has 5 nitrogen and oxygen atoms in total. The van der Waals surface area contributed by atoms with E-state index in [0.717, 1.165) is 18.4 Å². The first-order chi connectivity index (χ1) is 13.6. The summed E-state index contributed by atoms with van der Waals surface area (Å²) in [7, 11) is 0. The Morgan fingerprint density at radius 1 is 1.18 bits per heavy atom. The number of halogens is 2. The van der Waals surface area contributed by atoms with Gasteiger partial charge in [0.05, 0.1) is 17.1 Å². The number of hydrogen-bond donors (Lipinski definition) is 1. The Labute approximate surface area is 172 Å². The summed E-state index contributed by atoms with van der Waals surface area (Å²) in [5.41, 5.74) is 1.66. The van der Waals surface area contributed by atoms with Crippen LogP contribution in [-0.2, 0) is 13.1 Å². The summed E-state index contributed by atoms with van der Waals surface area (Å²) in [5.74, 6) is 0.617. The second-order valence-electron chi connectivity index (χ2n) is 6.63. The first-order valence-corrected chi connectivity index (χ1v) is 9.75. The van der Waals surface area contributed by atoms with Crippen LogP contribution in [0.4, 0.5) is 4.39 Å². The summed E-state index contributed by atoms with van der Waals surface area (Å²) in [6.45, 7) is 0.953. The molecular formula is C20H18ClFN4OS. The molecule has 0 amide bonds. The Morgan fingerprint density at radius 3 is 2.64 bits per heavy atom. The van der Waals surface area contributed by atoms with Crippen molar-refractivity contribution in [1.82, 2.24) is 20.4 Å². The van der Waals surface area contributed by atoms with E-state index in [1.807, 2.05) is 18.2 Å². The van der Waals surface area contributed by atoms with E-state index in [0.29, 0.717) is 46.6 Å². The summed E-state index contributed by atoms with van der Waals surface area (Å²) < 4.78 is 18.8. The molecule has 1 aliphatic carbocycles. The van der Waals surface area contributed by atoms with Crippen molar-refractivity contribution in [3.63, 3.8) is 0 Å². The Balaban J connectivity index is 1.42. The maximum Gasteiger partial charge on any atom is 0.249 e. The second kappa shape index (κ2) is 8.24. The SMILES string of the molecule is Fc1ccc(CNC(=S)N(Cc2nnc(-c3ccccc3Cl)o2)C2CC2)cc1. The molecule has 1 aromatic heterocycles. The van der Waals surface area contributed by atoms with Crippen LogP contribution in [0.1, 0.15) is 24.3 Å². The Hall–Kier alpha value is -2.51. The van der Waals surface area contributed by atoms with Gasteiger partial charge in [0.1, 0.15) is 5.82 Å². The molecule has 1 saturated carbocycles. The van der Waals surface area contributed by atoms with Crippen LogP contribution >= 0.6 is 23.8 Å². The van der Waals surface area contributed by atoms with Gasteiger partial charge in [0.15, 0.2) is 5.11 Å². The van der Waals surface area contributed by atoms with E-state index in [-0.39, 0.29) is 5.82 Å². The molecule has 0 aliphatic heterocycles. The first kappa shape index (κ1) is 18.8. The van der Waals surface area contributed by atoms with Gasteiger partial charge in [0.2, 0.25) is 11.8 Å². The highest BCUT2D eigenvalue weighted by Crippen LogP contribution is 2.30. The van der Waals surface area contributed by atoms with Gasteiger partial charge in [0.25, 0.3) is 0 Å². The fourth-order valence-electron chi connectivity index (χ4n) is 2.84. The Kier molecular flexibility index (Phi) is 5.54. The summed E-state index contributed by atoms with van der Waals surface area (Å²) in [6.07, 6.45) is 2.15. The van der Waals surface area contributed by atoms with Crippen molar-refractivity contribution < 1.29 is 8.81 Å². The number of benzene rings is 2. The fourth-order valence-corrected chi connectivity index (χ4v) is 3.34. The number of thiocarbonyl (C=S) groups is 1. The molecule has 1 N–H and O–H groups in total. The molecule has 144 valence electrons. The van der Waals surface area contributed by atoms with Crippen molar-refractivity contribution in [2.24, 2.45) is 0 Å². The lowest BCUT2D eigenvalue weighted by Gasteiger charge is -2.24. The molecule has 3 aromatic rings. The molecule has 0 atom stereocenters. The quantitative estimate of drug-likeness (QED) is 0.594. The lowest BCUT2D eigenvalue weighted by molar-refractivity contribution is 0.343. The highest BCUT2D eigenvalue weighted by Gasteiger charge is 2.32. The van der Waals surface area contributed by atoms with Crippen LogP contribution in [0.5, 0.6) is 0 Å². The highest BCUT2D eigenvalue weighted by atomic mass is 35.5. The van der Waals surface area contributed by atoms with Gasteiger partial charge in [-0.15, -0.1) is 10.2 Å². The molecule has 4 rings (SSSR count).